The zero-order valence-corrected chi connectivity index (χ0v) is 19.2. The first-order chi connectivity index (χ1) is 14.6. The molecule has 0 saturated carbocycles. The third kappa shape index (κ3) is 3.53. The Balaban J connectivity index is 1.56. The number of fused-ring (bicyclic) bond motifs is 3. The first kappa shape index (κ1) is 20.5. The summed E-state index contributed by atoms with van der Waals surface area (Å²) in [5.74, 6) is 0.762. The van der Waals surface area contributed by atoms with Gasteiger partial charge in [-0.05, 0) is 60.3 Å². The molecular weight excluding hydrogens is 412 g/mol. The van der Waals surface area contributed by atoms with Crippen molar-refractivity contribution in [1.29, 1.82) is 0 Å². The summed E-state index contributed by atoms with van der Waals surface area (Å²) in [5.41, 5.74) is 12.3. The predicted octanol–water partition coefficient (Wildman–Crippen LogP) is 3.19. The number of aliphatic imine (C=N–C) groups is 1. The summed E-state index contributed by atoms with van der Waals surface area (Å²) in [4.78, 5) is 4.95. The number of nitrogens with two attached hydrogens (primary N) is 2. The van der Waals surface area contributed by atoms with E-state index in [0.717, 1.165) is 37.8 Å². The van der Waals surface area contributed by atoms with Gasteiger partial charge in [0, 0.05) is 5.41 Å². The summed E-state index contributed by atoms with van der Waals surface area (Å²) in [7, 11) is -3.35. The van der Waals surface area contributed by atoms with E-state index in [9.17, 15) is 4.21 Å². The second-order valence-corrected chi connectivity index (χ2v) is 11.5. The van der Waals surface area contributed by atoms with E-state index in [0.29, 0.717) is 24.9 Å². The van der Waals surface area contributed by atoms with Crippen LogP contribution in [0, 0.1) is 5.41 Å². The molecule has 5 rings (SSSR count). The van der Waals surface area contributed by atoms with Crippen molar-refractivity contribution < 1.29 is 8.95 Å². The van der Waals surface area contributed by atoms with Crippen LogP contribution in [0.2, 0.25) is 0 Å². The highest BCUT2D eigenvalue weighted by atomic mass is 32.2. The SMILES string of the molecule is C[C@@H]1CCc2cc3c(c(N=C(N)N=S(N)(=O)c4cnn5c4OCC(C)(C)C5)c21)CCC3. The van der Waals surface area contributed by atoms with E-state index in [2.05, 4.69) is 41.3 Å². The molecule has 4 N–H and O–H groups in total. The van der Waals surface area contributed by atoms with Gasteiger partial charge in [-0.3, -0.25) is 0 Å². The maximum Gasteiger partial charge on any atom is 0.230 e. The highest BCUT2D eigenvalue weighted by Gasteiger charge is 2.32. The van der Waals surface area contributed by atoms with Crippen molar-refractivity contribution in [2.24, 2.45) is 25.6 Å². The molecule has 8 nitrogen and oxygen atoms in total. The second-order valence-electron chi connectivity index (χ2n) is 9.78. The minimum absolute atomic E-state index is 0.0614. The fourth-order valence-electron chi connectivity index (χ4n) is 5.05. The average Bonchev–Trinajstić information content (AvgIpc) is 3.38. The monoisotopic (exact) mass is 442 g/mol. The fraction of sp³-hybridized carbons (Fsp3) is 0.545. The maximum absolute atomic E-state index is 13.3. The van der Waals surface area contributed by atoms with Crippen LogP contribution in [0.1, 0.15) is 61.8 Å². The average molecular weight is 443 g/mol. The van der Waals surface area contributed by atoms with Crippen molar-refractivity contribution in [3.8, 4) is 5.88 Å². The molecule has 0 bridgehead atoms. The van der Waals surface area contributed by atoms with Gasteiger partial charge in [-0.1, -0.05) is 26.8 Å². The quantitative estimate of drug-likeness (QED) is 0.548. The summed E-state index contributed by atoms with van der Waals surface area (Å²) in [6.45, 7) is 7.55. The Bertz CT molecular complexity index is 1220. The number of aryl methyl sites for hydroxylation is 2. The van der Waals surface area contributed by atoms with E-state index in [1.54, 1.807) is 4.68 Å². The molecule has 2 atom stereocenters. The largest absolute Gasteiger partial charge is 0.476 e. The van der Waals surface area contributed by atoms with E-state index in [4.69, 9.17) is 15.6 Å². The number of hydrogen-bond donors (Lipinski definition) is 2. The molecule has 0 fully saturated rings. The van der Waals surface area contributed by atoms with Crippen LogP contribution in [-0.2, 0) is 35.7 Å². The highest BCUT2D eigenvalue weighted by molar-refractivity contribution is 7.91. The third-order valence-electron chi connectivity index (χ3n) is 6.54. The molecule has 1 aliphatic heterocycles. The van der Waals surface area contributed by atoms with Gasteiger partial charge in [0.1, 0.15) is 14.8 Å². The number of rotatable bonds is 2. The van der Waals surface area contributed by atoms with E-state index >= 15 is 0 Å². The number of guanidine groups is 1. The topological polar surface area (TPSA) is 121 Å². The molecular formula is C22H30N6O2S. The van der Waals surface area contributed by atoms with Crippen molar-refractivity contribution in [2.45, 2.75) is 70.2 Å². The lowest BCUT2D eigenvalue weighted by molar-refractivity contribution is 0.0972. The Morgan fingerprint density at radius 1 is 1.32 bits per heavy atom. The molecule has 166 valence electrons. The molecule has 0 saturated heterocycles. The molecule has 0 radical (unpaired) electrons. The lowest BCUT2D eigenvalue weighted by Crippen LogP contribution is -2.33. The summed E-state index contributed by atoms with van der Waals surface area (Å²) < 4.78 is 25.0. The van der Waals surface area contributed by atoms with Gasteiger partial charge in [-0.2, -0.15) is 5.10 Å². The van der Waals surface area contributed by atoms with Crippen LogP contribution in [-0.4, -0.2) is 26.6 Å². The molecule has 2 aromatic rings. The zero-order chi connectivity index (χ0) is 22.0. The zero-order valence-electron chi connectivity index (χ0n) is 18.4. The standard InChI is InChI=1S/C22H30N6O2S/c1-13-7-8-15-9-14-5-4-6-16(14)19(18(13)15)26-21(23)27-31(24,29)17-10-25-28-11-22(2,3)12-30-20(17)28/h9-10,13H,4-8,11-12H2,1-3H3,(H4,23,24,26,27,29)/t13-,31?/m1/s1. The summed E-state index contributed by atoms with van der Waals surface area (Å²) in [6.07, 6.45) is 6.82. The second kappa shape index (κ2) is 7.06. The third-order valence-corrected chi connectivity index (χ3v) is 7.91. The van der Waals surface area contributed by atoms with Crippen molar-refractivity contribution in [2.75, 3.05) is 6.61 Å². The van der Waals surface area contributed by atoms with Crippen LogP contribution in [0.5, 0.6) is 5.88 Å². The lowest BCUT2D eigenvalue weighted by atomic mass is 9.94. The molecule has 2 heterocycles. The summed E-state index contributed by atoms with van der Waals surface area (Å²) >= 11 is 0. The number of hydrogen-bond acceptors (Lipinski definition) is 4. The first-order valence-corrected chi connectivity index (χ1v) is 12.5. The molecule has 9 heteroatoms. The lowest BCUT2D eigenvalue weighted by Gasteiger charge is -2.30. The van der Waals surface area contributed by atoms with Gasteiger partial charge in [0.05, 0.1) is 25.0 Å². The van der Waals surface area contributed by atoms with Gasteiger partial charge in [-0.25, -0.2) is 19.0 Å². The Morgan fingerprint density at radius 3 is 2.94 bits per heavy atom. The Kier molecular flexibility index (Phi) is 4.67. The maximum atomic E-state index is 13.3. The highest BCUT2D eigenvalue weighted by Crippen LogP contribution is 2.45. The van der Waals surface area contributed by atoms with Crippen LogP contribution < -0.4 is 15.6 Å². The molecule has 3 aliphatic rings. The van der Waals surface area contributed by atoms with Crippen LogP contribution in [0.15, 0.2) is 26.5 Å². The van der Waals surface area contributed by atoms with E-state index in [1.165, 1.54) is 28.5 Å². The van der Waals surface area contributed by atoms with Crippen molar-refractivity contribution >= 4 is 21.6 Å². The number of benzene rings is 1. The minimum atomic E-state index is -3.35. The molecule has 31 heavy (non-hydrogen) atoms. The van der Waals surface area contributed by atoms with E-state index in [1.807, 2.05) is 0 Å². The van der Waals surface area contributed by atoms with Gasteiger partial charge < -0.3 is 10.5 Å². The van der Waals surface area contributed by atoms with Gasteiger partial charge in [-0.15, -0.1) is 4.36 Å². The van der Waals surface area contributed by atoms with E-state index < -0.39 is 9.92 Å². The van der Waals surface area contributed by atoms with Crippen LogP contribution in [0.3, 0.4) is 0 Å². The van der Waals surface area contributed by atoms with Crippen LogP contribution in [0.25, 0.3) is 0 Å². The van der Waals surface area contributed by atoms with Crippen molar-refractivity contribution in [3.05, 3.63) is 34.5 Å². The van der Waals surface area contributed by atoms with Gasteiger partial charge >= 0.3 is 0 Å². The Hall–Kier alpha value is -2.39. The van der Waals surface area contributed by atoms with Gasteiger partial charge in [0.2, 0.25) is 11.8 Å². The van der Waals surface area contributed by atoms with Gasteiger partial charge in [0.25, 0.3) is 0 Å². The van der Waals surface area contributed by atoms with Crippen LogP contribution >= 0.6 is 0 Å². The molecule has 1 unspecified atom stereocenters. The summed E-state index contributed by atoms with van der Waals surface area (Å²) in [6, 6.07) is 2.34. The van der Waals surface area contributed by atoms with Crippen molar-refractivity contribution in [1.82, 2.24) is 9.78 Å². The first-order valence-electron chi connectivity index (χ1n) is 10.9. The minimum Gasteiger partial charge on any atom is -0.476 e. The number of nitrogens with zero attached hydrogens (tertiary/aromatic N) is 4. The summed E-state index contributed by atoms with van der Waals surface area (Å²) in [5, 5.41) is 10.5. The van der Waals surface area contributed by atoms with Crippen LogP contribution in [0.4, 0.5) is 5.69 Å². The fourth-order valence-corrected chi connectivity index (χ4v) is 6.08. The molecule has 0 spiro atoms. The number of aromatic nitrogens is 2. The van der Waals surface area contributed by atoms with Crippen molar-refractivity contribution in [3.63, 3.8) is 0 Å². The predicted molar refractivity (Wildman–Crippen MR) is 121 cm³/mol. The normalized spacial score (nSPS) is 23.5. The molecule has 1 aromatic heterocycles. The molecule has 2 aliphatic carbocycles. The van der Waals surface area contributed by atoms with E-state index in [-0.39, 0.29) is 16.3 Å². The Morgan fingerprint density at radius 2 is 2.13 bits per heavy atom. The molecule has 1 aromatic carbocycles. The number of ether oxygens (including phenoxy) is 1. The molecule has 0 amide bonds. The Labute approximate surface area is 183 Å². The van der Waals surface area contributed by atoms with Gasteiger partial charge in [0.15, 0.2) is 0 Å². The smallest absolute Gasteiger partial charge is 0.230 e.